The molecule has 1 aliphatic heterocycles. The van der Waals surface area contributed by atoms with E-state index in [0.29, 0.717) is 5.75 Å². The van der Waals surface area contributed by atoms with Crippen molar-refractivity contribution in [2.45, 2.75) is 25.8 Å². The molecule has 1 amide bonds. The first-order chi connectivity index (χ1) is 9.85. The summed E-state index contributed by atoms with van der Waals surface area (Å²) in [7, 11) is 0. The predicted octanol–water partition coefficient (Wildman–Crippen LogP) is 4.61. The van der Waals surface area contributed by atoms with E-state index in [1.807, 2.05) is 19.1 Å². The van der Waals surface area contributed by atoms with E-state index in [1.165, 1.54) is 0 Å². The second-order valence-electron chi connectivity index (χ2n) is 4.81. The fourth-order valence-corrected chi connectivity index (χ4v) is 2.26. The number of phenolic OH excluding ortho intramolecular Hbond substituents is 1. The van der Waals surface area contributed by atoms with Gasteiger partial charge in [-0.05, 0) is 37.0 Å². The number of carbonyl (C=O) groups excluding carboxylic acids is 1. The van der Waals surface area contributed by atoms with Crippen molar-refractivity contribution in [2.24, 2.45) is 5.92 Å². The fraction of sp³-hybridized carbons (Fsp3) is 0.357. The van der Waals surface area contributed by atoms with Gasteiger partial charge in [-0.2, -0.15) is 0 Å². The van der Waals surface area contributed by atoms with Gasteiger partial charge in [0.15, 0.2) is 0 Å². The molecular formula is C14H17BBr3NO2. The first-order valence-corrected chi connectivity index (χ1v) is 9.22. The van der Waals surface area contributed by atoms with Crippen LogP contribution >= 0.6 is 47.3 Å². The quantitative estimate of drug-likeness (QED) is 0.489. The number of amides is 1. The number of nitrogens with one attached hydrogen (secondary N) is 1. The third kappa shape index (κ3) is 6.16. The van der Waals surface area contributed by atoms with E-state index in [9.17, 15) is 9.90 Å². The van der Waals surface area contributed by atoms with Crippen LogP contribution in [-0.2, 0) is 4.79 Å². The van der Waals surface area contributed by atoms with Crippen molar-refractivity contribution in [1.29, 1.82) is 0 Å². The summed E-state index contributed by atoms with van der Waals surface area (Å²) in [6.45, 7) is 5.53. The fourth-order valence-electron chi connectivity index (χ4n) is 2.26. The molecule has 0 spiro atoms. The van der Waals surface area contributed by atoms with Crippen LogP contribution in [0.25, 0.3) is 0 Å². The second-order valence-corrected chi connectivity index (χ2v) is 11.2. The van der Waals surface area contributed by atoms with E-state index in [0.717, 1.165) is 24.0 Å². The van der Waals surface area contributed by atoms with Gasteiger partial charge < -0.3 is 10.4 Å². The lowest BCUT2D eigenvalue weighted by molar-refractivity contribution is -0.122. The number of aromatic hydroxyl groups is 1. The van der Waals surface area contributed by atoms with Crippen molar-refractivity contribution in [3.05, 3.63) is 42.0 Å². The molecule has 0 aliphatic carbocycles. The van der Waals surface area contributed by atoms with Gasteiger partial charge in [0.25, 0.3) is 0 Å². The third-order valence-electron chi connectivity index (χ3n) is 3.28. The number of rotatable bonds is 3. The average molecular weight is 482 g/mol. The third-order valence-corrected chi connectivity index (χ3v) is 3.28. The molecule has 1 saturated heterocycles. The zero-order valence-corrected chi connectivity index (χ0v) is 16.4. The van der Waals surface area contributed by atoms with Gasteiger partial charge in [0.2, 0.25) is 5.91 Å². The minimum absolute atomic E-state index is 0.0339. The van der Waals surface area contributed by atoms with Crippen molar-refractivity contribution in [3.63, 3.8) is 0 Å². The maximum Gasteiger partial charge on any atom is 0.369 e. The van der Waals surface area contributed by atoms with Crippen LogP contribution in [0, 0.1) is 12.8 Å². The lowest BCUT2D eigenvalue weighted by Gasteiger charge is -2.11. The molecule has 0 radical (unpaired) electrons. The maximum atomic E-state index is 11.7. The van der Waals surface area contributed by atoms with Crippen LogP contribution in [0.4, 0.5) is 0 Å². The molecule has 2 atom stereocenters. The number of allylic oxidation sites excluding steroid dienone is 1. The van der Waals surface area contributed by atoms with Gasteiger partial charge in [-0.1, -0.05) is 18.2 Å². The topological polar surface area (TPSA) is 49.3 Å². The SMILES string of the molecule is BrB(Br)Br.C=CC[C@H]1C[C@H](c2ccc(O)c(C)c2)NC1=O. The van der Waals surface area contributed by atoms with Gasteiger partial charge in [-0.15, -0.1) is 53.8 Å². The Balaban J connectivity index is 0.000000491. The molecule has 1 fully saturated rings. The number of aryl methyl sites for hydroxylation is 1. The average Bonchev–Trinajstić information content (AvgIpc) is 2.74. The highest BCUT2D eigenvalue weighted by Crippen LogP contribution is 2.31. The lowest BCUT2D eigenvalue weighted by atomic mass is 9.96. The summed E-state index contributed by atoms with van der Waals surface area (Å²) in [5.41, 5.74) is 1.89. The molecule has 2 rings (SSSR count). The summed E-state index contributed by atoms with van der Waals surface area (Å²) in [5, 5.41) is 12.5. The molecule has 2 N–H and O–H groups in total. The minimum atomic E-state index is 0.0339. The molecule has 0 bridgehead atoms. The Bertz CT molecular complexity index is 508. The molecule has 1 aromatic rings. The van der Waals surface area contributed by atoms with E-state index in [4.69, 9.17) is 0 Å². The summed E-state index contributed by atoms with van der Waals surface area (Å²) < 4.78 is 0.271. The van der Waals surface area contributed by atoms with Gasteiger partial charge in [0, 0.05) is 5.92 Å². The summed E-state index contributed by atoms with van der Waals surface area (Å²) >= 11 is 9.31. The monoisotopic (exact) mass is 479 g/mol. The molecule has 114 valence electrons. The number of hydrogen-bond acceptors (Lipinski definition) is 2. The Morgan fingerprint density at radius 3 is 2.62 bits per heavy atom. The molecule has 0 saturated carbocycles. The van der Waals surface area contributed by atoms with Crippen LogP contribution in [0.1, 0.15) is 30.0 Å². The van der Waals surface area contributed by atoms with Gasteiger partial charge >= 0.3 is 3.18 Å². The van der Waals surface area contributed by atoms with Crippen LogP contribution in [0.2, 0.25) is 0 Å². The molecule has 1 aromatic carbocycles. The molecule has 1 aliphatic rings. The van der Waals surface area contributed by atoms with E-state index >= 15 is 0 Å². The van der Waals surface area contributed by atoms with Crippen LogP contribution in [0.15, 0.2) is 30.9 Å². The smallest absolute Gasteiger partial charge is 0.369 e. The summed E-state index contributed by atoms with van der Waals surface area (Å²) in [4.78, 5) is 11.7. The largest absolute Gasteiger partial charge is 0.508 e. The first-order valence-electron chi connectivity index (χ1n) is 6.48. The zero-order chi connectivity index (χ0) is 16.0. The number of phenols is 1. The summed E-state index contributed by atoms with van der Waals surface area (Å²) in [6, 6.07) is 5.53. The predicted molar refractivity (Wildman–Crippen MR) is 99.2 cm³/mol. The van der Waals surface area contributed by atoms with E-state index in [1.54, 1.807) is 12.1 Å². The van der Waals surface area contributed by atoms with Gasteiger partial charge in [-0.3, -0.25) is 4.79 Å². The summed E-state index contributed by atoms with van der Waals surface area (Å²) in [5.74, 6) is 0.424. The highest BCUT2D eigenvalue weighted by molar-refractivity contribution is 9.69. The second kappa shape index (κ2) is 9.01. The normalized spacial score (nSPS) is 20.3. The van der Waals surface area contributed by atoms with Gasteiger partial charge in [0.1, 0.15) is 5.75 Å². The summed E-state index contributed by atoms with van der Waals surface area (Å²) in [6.07, 6.45) is 3.31. The molecule has 0 aromatic heterocycles. The van der Waals surface area contributed by atoms with Crippen molar-refractivity contribution >= 4 is 56.4 Å². The van der Waals surface area contributed by atoms with Crippen molar-refractivity contribution in [3.8, 4) is 5.75 Å². The van der Waals surface area contributed by atoms with Crippen LogP contribution in [0.5, 0.6) is 5.75 Å². The Kier molecular flexibility index (Phi) is 8.05. The highest BCUT2D eigenvalue weighted by Gasteiger charge is 2.31. The van der Waals surface area contributed by atoms with E-state index < -0.39 is 0 Å². The number of halogens is 3. The number of hydrogen-bond donors (Lipinski definition) is 2. The Hall–Kier alpha value is -0.265. The molecule has 7 heteroatoms. The molecule has 3 nitrogen and oxygen atoms in total. The van der Waals surface area contributed by atoms with Crippen molar-refractivity contribution in [1.82, 2.24) is 5.32 Å². The van der Waals surface area contributed by atoms with E-state index in [2.05, 4.69) is 59.2 Å². The first kappa shape index (κ1) is 18.8. The lowest BCUT2D eigenvalue weighted by Crippen LogP contribution is -2.21. The van der Waals surface area contributed by atoms with Crippen LogP contribution in [-0.4, -0.2) is 14.2 Å². The van der Waals surface area contributed by atoms with E-state index in [-0.39, 0.29) is 21.1 Å². The molecular weight excluding hydrogens is 465 g/mol. The van der Waals surface area contributed by atoms with Gasteiger partial charge in [0.05, 0.1) is 6.04 Å². The number of benzene rings is 1. The minimum Gasteiger partial charge on any atom is -0.508 e. The standard InChI is InChI=1S/C14H17NO2.BBr3/c1-3-4-11-8-12(15-14(11)17)10-5-6-13(16)9(2)7-10;2-1(3)4/h3,5-7,11-12,16H,1,4,8H2,2H3,(H,15,17);/t11-,12+;/m0./s1. The van der Waals surface area contributed by atoms with Crippen molar-refractivity contribution in [2.75, 3.05) is 0 Å². The molecule has 0 unspecified atom stereocenters. The Morgan fingerprint density at radius 2 is 2.10 bits per heavy atom. The maximum absolute atomic E-state index is 11.7. The Morgan fingerprint density at radius 1 is 1.48 bits per heavy atom. The Labute approximate surface area is 150 Å². The van der Waals surface area contributed by atoms with Crippen molar-refractivity contribution < 1.29 is 9.90 Å². The molecule has 21 heavy (non-hydrogen) atoms. The van der Waals surface area contributed by atoms with Crippen LogP contribution in [0.3, 0.4) is 0 Å². The molecule has 1 heterocycles. The zero-order valence-electron chi connectivity index (χ0n) is 11.7. The van der Waals surface area contributed by atoms with Gasteiger partial charge in [-0.25, -0.2) is 0 Å². The number of carbonyl (C=O) groups is 1. The van der Waals surface area contributed by atoms with Crippen LogP contribution < -0.4 is 5.32 Å². The highest BCUT2D eigenvalue weighted by atomic mass is 79.9.